The number of rotatable bonds is 3. The maximum Gasteiger partial charge on any atom is 0.342 e. The van der Waals surface area contributed by atoms with E-state index in [1.807, 2.05) is 18.2 Å². The summed E-state index contributed by atoms with van der Waals surface area (Å²) in [5.74, 6) is -0.113. The largest absolute Gasteiger partial charge is 0.460 e. The van der Waals surface area contributed by atoms with Crippen molar-refractivity contribution in [2.24, 2.45) is 0 Å². The first-order valence-electron chi connectivity index (χ1n) is 8.24. The van der Waals surface area contributed by atoms with E-state index in [0.717, 1.165) is 44.1 Å². The van der Waals surface area contributed by atoms with Crippen LogP contribution in [0.5, 0.6) is 0 Å². The lowest BCUT2D eigenvalue weighted by atomic mass is 9.75. The monoisotopic (exact) mass is 286 g/mol. The molecule has 1 aliphatic heterocycles. The number of fused-ring (bicyclic) bond motifs is 1. The van der Waals surface area contributed by atoms with Gasteiger partial charge in [0, 0.05) is 0 Å². The summed E-state index contributed by atoms with van der Waals surface area (Å²) < 4.78 is 11.9. The molecule has 1 saturated heterocycles. The van der Waals surface area contributed by atoms with Crippen molar-refractivity contribution < 1.29 is 14.3 Å². The van der Waals surface area contributed by atoms with Gasteiger partial charge in [-0.15, -0.1) is 0 Å². The molecule has 2 unspecified atom stereocenters. The van der Waals surface area contributed by atoms with E-state index in [-0.39, 0.29) is 12.1 Å². The molecule has 1 heterocycles. The molecule has 0 amide bonds. The molecule has 0 radical (unpaired) electrons. The van der Waals surface area contributed by atoms with Crippen LogP contribution in [0.4, 0.5) is 0 Å². The van der Waals surface area contributed by atoms with E-state index in [0.29, 0.717) is 0 Å². The number of ether oxygens (including phenoxy) is 2. The molecule has 1 aromatic rings. The fourth-order valence-electron chi connectivity index (χ4n) is 4.23. The topological polar surface area (TPSA) is 38.8 Å². The normalized spacial score (nSPS) is 35.2. The average molecular weight is 286 g/mol. The smallest absolute Gasteiger partial charge is 0.342 e. The zero-order chi connectivity index (χ0) is 14.3. The van der Waals surface area contributed by atoms with Crippen LogP contribution in [0, 0.1) is 0 Å². The highest BCUT2D eigenvalue weighted by atomic mass is 16.7. The molecule has 3 nitrogen and oxygen atoms in total. The van der Waals surface area contributed by atoms with Gasteiger partial charge < -0.3 is 9.47 Å². The molecule has 0 bridgehead atoms. The minimum Gasteiger partial charge on any atom is -0.460 e. The molecule has 1 aromatic carbocycles. The second-order valence-electron chi connectivity index (χ2n) is 6.64. The first kappa shape index (κ1) is 13.3. The Labute approximate surface area is 125 Å². The second-order valence-corrected chi connectivity index (χ2v) is 6.64. The fourth-order valence-corrected chi connectivity index (χ4v) is 4.23. The fraction of sp³-hybridized carbons (Fsp3) is 0.611. The van der Waals surface area contributed by atoms with E-state index in [4.69, 9.17) is 9.47 Å². The molecule has 3 aliphatic rings. The molecule has 0 N–H and O–H groups in total. The Morgan fingerprint density at radius 3 is 2.52 bits per heavy atom. The zero-order valence-corrected chi connectivity index (χ0v) is 12.3. The molecular weight excluding hydrogens is 264 g/mol. The third-order valence-electron chi connectivity index (χ3n) is 5.41. The van der Waals surface area contributed by atoms with Crippen molar-refractivity contribution in [2.45, 2.75) is 68.7 Å². The van der Waals surface area contributed by atoms with Gasteiger partial charge in [0.05, 0.1) is 0 Å². The lowest BCUT2D eigenvalue weighted by Gasteiger charge is -2.25. The molecule has 0 spiro atoms. The molecule has 21 heavy (non-hydrogen) atoms. The highest BCUT2D eigenvalue weighted by molar-refractivity contribution is 5.86. The van der Waals surface area contributed by atoms with Gasteiger partial charge in [-0.3, -0.25) is 0 Å². The second kappa shape index (κ2) is 4.84. The first-order valence-corrected chi connectivity index (χ1v) is 8.24. The highest BCUT2D eigenvalue weighted by Crippen LogP contribution is 2.64. The van der Waals surface area contributed by atoms with Gasteiger partial charge >= 0.3 is 5.97 Å². The molecule has 2 aliphatic carbocycles. The van der Waals surface area contributed by atoms with Gasteiger partial charge in [0.15, 0.2) is 5.60 Å². The molecule has 112 valence electrons. The van der Waals surface area contributed by atoms with Crippen LogP contribution in [0.25, 0.3) is 0 Å². The van der Waals surface area contributed by atoms with E-state index in [1.54, 1.807) is 0 Å². The van der Waals surface area contributed by atoms with E-state index < -0.39 is 11.2 Å². The Bertz CT molecular complexity index is 535. The van der Waals surface area contributed by atoms with Gasteiger partial charge in [0.2, 0.25) is 0 Å². The van der Waals surface area contributed by atoms with E-state index in [1.165, 1.54) is 12.8 Å². The Morgan fingerprint density at radius 2 is 1.76 bits per heavy atom. The van der Waals surface area contributed by atoms with Crippen LogP contribution in [0.3, 0.4) is 0 Å². The summed E-state index contributed by atoms with van der Waals surface area (Å²) in [7, 11) is 0. The standard InChI is InChI=1S/C18H22O3/c19-16(20-15-10-4-5-11-15)18-13-7-6-12-17(18,21-18)14-8-2-1-3-9-14/h1-3,8-9,15H,4-7,10-13H2. The number of esters is 1. The van der Waals surface area contributed by atoms with Gasteiger partial charge in [0.1, 0.15) is 11.7 Å². The van der Waals surface area contributed by atoms with Crippen molar-refractivity contribution in [1.29, 1.82) is 0 Å². The molecule has 0 aromatic heterocycles. The Hall–Kier alpha value is -1.35. The third kappa shape index (κ3) is 1.94. The van der Waals surface area contributed by atoms with E-state index in [2.05, 4.69) is 12.1 Å². The highest BCUT2D eigenvalue weighted by Gasteiger charge is 2.76. The first-order chi connectivity index (χ1) is 10.3. The van der Waals surface area contributed by atoms with Crippen molar-refractivity contribution >= 4 is 5.97 Å². The Balaban J connectivity index is 1.59. The lowest BCUT2D eigenvalue weighted by molar-refractivity contribution is -0.156. The quantitative estimate of drug-likeness (QED) is 0.628. The van der Waals surface area contributed by atoms with Crippen molar-refractivity contribution in [3.05, 3.63) is 35.9 Å². The van der Waals surface area contributed by atoms with E-state index in [9.17, 15) is 4.79 Å². The minimum atomic E-state index is -0.699. The molecule has 3 heteroatoms. The van der Waals surface area contributed by atoms with Gasteiger partial charge in [-0.1, -0.05) is 30.3 Å². The molecular formula is C18H22O3. The van der Waals surface area contributed by atoms with Gasteiger partial charge in [-0.2, -0.15) is 0 Å². The van der Waals surface area contributed by atoms with Gasteiger partial charge in [0.25, 0.3) is 0 Å². The molecule has 2 atom stereocenters. The summed E-state index contributed by atoms with van der Waals surface area (Å²) in [6.07, 6.45) is 8.39. The summed E-state index contributed by atoms with van der Waals surface area (Å²) in [4.78, 5) is 12.7. The van der Waals surface area contributed by atoms with Crippen LogP contribution in [0.1, 0.15) is 56.9 Å². The van der Waals surface area contributed by atoms with Crippen molar-refractivity contribution in [3.8, 4) is 0 Å². The van der Waals surface area contributed by atoms with E-state index >= 15 is 0 Å². The van der Waals surface area contributed by atoms with Crippen molar-refractivity contribution in [2.75, 3.05) is 0 Å². The summed E-state index contributed by atoms with van der Waals surface area (Å²) in [6, 6.07) is 10.2. The molecule has 3 fully saturated rings. The van der Waals surface area contributed by atoms with Gasteiger partial charge in [-0.25, -0.2) is 4.79 Å². The number of benzene rings is 1. The SMILES string of the molecule is O=C(OC1CCCC1)C12CCCCC1(c1ccccc1)O2. The number of epoxide rings is 1. The number of carbonyl (C=O) groups is 1. The predicted molar refractivity (Wildman–Crippen MR) is 78.8 cm³/mol. The average Bonchev–Trinajstić information content (AvgIpc) is 3.01. The number of hydrogen-bond donors (Lipinski definition) is 0. The van der Waals surface area contributed by atoms with Crippen LogP contribution in [0.2, 0.25) is 0 Å². The number of carbonyl (C=O) groups excluding carboxylic acids is 1. The van der Waals surface area contributed by atoms with Crippen LogP contribution in [0.15, 0.2) is 30.3 Å². The Morgan fingerprint density at radius 1 is 1.05 bits per heavy atom. The lowest BCUT2D eigenvalue weighted by Crippen LogP contribution is -2.38. The third-order valence-corrected chi connectivity index (χ3v) is 5.41. The minimum absolute atomic E-state index is 0.113. The van der Waals surface area contributed by atoms with Gasteiger partial charge in [-0.05, 0) is 56.9 Å². The maximum atomic E-state index is 12.7. The summed E-state index contributed by atoms with van der Waals surface area (Å²) in [5.41, 5.74) is 0.0188. The molecule has 4 rings (SSSR count). The van der Waals surface area contributed by atoms with Crippen LogP contribution < -0.4 is 0 Å². The molecule has 2 saturated carbocycles. The summed E-state index contributed by atoms with van der Waals surface area (Å²) >= 11 is 0. The number of hydrogen-bond acceptors (Lipinski definition) is 3. The van der Waals surface area contributed by atoms with Crippen LogP contribution in [-0.2, 0) is 19.9 Å². The summed E-state index contributed by atoms with van der Waals surface area (Å²) in [5, 5.41) is 0. The zero-order valence-electron chi connectivity index (χ0n) is 12.3. The summed E-state index contributed by atoms with van der Waals surface area (Å²) in [6.45, 7) is 0. The maximum absolute atomic E-state index is 12.7. The van der Waals surface area contributed by atoms with Crippen molar-refractivity contribution in [1.82, 2.24) is 0 Å². The van der Waals surface area contributed by atoms with Crippen LogP contribution >= 0.6 is 0 Å². The predicted octanol–water partition coefficient (Wildman–Crippen LogP) is 3.71. The van der Waals surface area contributed by atoms with Crippen LogP contribution in [-0.4, -0.2) is 17.7 Å². The Kier molecular flexibility index (Phi) is 3.07. The van der Waals surface area contributed by atoms with Crippen molar-refractivity contribution in [3.63, 3.8) is 0 Å².